The molecule has 3 rings (SSSR count). The largest absolute Gasteiger partial charge is 0.327 e. The molecule has 3 aliphatic carbocycles. The molecule has 0 heterocycles. The lowest BCUT2D eigenvalue weighted by molar-refractivity contribution is 0.215. The Kier molecular flexibility index (Phi) is 2.31. The van der Waals surface area contributed by atoms with Crippen LogP contribution in [-0.2, 0) is 0 Å². The maximum Gasteiger partial charge on any atom is 0.00699 e. The molecular weight excluding hydrogens is 170 g/mol. The maximum atomic E-state index is 6.34. The standard InChI is InChI=1S/C13H23N/c14-13(6-9-2-1-3-9)11-5-4-10-7-12(10)8-11/h9-13H,1-8,14H2. The smallest absolute Gasteiger partial charge is 0.00699 e. The van der Waals surface area contributed by atoms with Gasteiger partial charge in [0.15, 0.2) is 0 Å². The van der Waals surface area contributed by atoms with E-state index in [4.69, 9.17) is 5.73 Å². The average molecular weight is 193 g/mol. The molecule has 0 aromatic rings. The third-order valence-corrected chi connectivity index (χ3v) is 5.02. The highest BCUT2D eigenvalue weighted by Crippen LogP contribution is 2.52. The van der Waals surface area contributed by atoms with E-state index in [9.17, 15) is 0 Å². The summed E-state index contributed by atoms with van der Waals surface area (Å²) < 4.78 is 0. The second-order valence-corrected chi connectivity index (χ2v) is 6.03. The molecule has 3 aliphatic rings. The number of hydrogen-bond acceptors (Lipinski definition) is 1. The van der Waals surface area contributed by atoms with Gasteiger partial charge < -0.3 is 5.73 Å². The summed E-state index contributed by atoms with van der Waals surface area (Å²) in [6.07, 6.45) is 11.7. The quantitative estimate of drug-likeness (QED) is 0.732. The lowest BCUT2D eigenvalue weighted by Gasteiger charge is -2.33. The van der Waals surface area contributed by atoms with Crippen molar-refractivity contribution in [3.05, 3.63) is 0 Å². The van der Waals surface area contributed by atoms with Gasteiger partial charge in [0.2, 0.25) is 0 Å². The minimum Gasteiger partial charge on any atom is -0.327 e. The Balaban J connectivity index is 1.48. The predicted octanol–water partition coefficient (Wildman–Crippen LogP) is 2.94. The molecule has 0 spiro atoms. The van der Waals surface area contributed by atoms with Gasteiger partial charge in [-0.15, -0.1) is 0 Å². The van der Waals surface area contributed by atoms with Crippen molar-refractivity contribution in [1.82, 2.24) is 0 Å². The molecule has 0 aromatic carbocycles. The summed E-state index contributed by atoms with van der Waals surface area (Å²) >= 11 is 0. The Hall–Kier alpha value is -0.0400. The van der Waals surface area contributed by atoms with Gasteiger partial charge in [-0.05, 0) is 55.8 Å². The number of nitrogens with two attached hydrogens (primary N) is 1. The fourth-order valence-corrected chi connectivity index (χ4v) is 3.58. The first kappa shape index (κ1) is 9.21. The average Bonchev–Trinajstić information content (AvgIpc) is 2.88. The zero-order valence-electron chi connectivity index (χ0n) is 9.12. The van der Waals surface area contributed by atoms with E-state index in [0.717, 1.165) is 23.7 Å². The van der Waals surface area contributed by atoms with Crippen LogP contribution in [0, 0.1) is 23.7 Å². The van der Waals surface area contributed by atoms with Gasteiger partial charge in [-0.3, -0.25) is 0 Å². The molecule has 0 radical (unpaired) electrons. The first-order valence-corrected chi connectivity index (χ1v) is 6.58. The topological polar surface area (TPSA) is 26.0 Å². The van der Waals surface area contributed by atoms with Crippen LogP contribution in [0.2, 0.25) is 0 Å². The van der Waals surface area contributed by atoms with Gasteiger partial charge in [0.25, 0.3) is 0 Å². The molecule has 0 aliphatic heterocycles. The van der Waals surface area contributed by atoms with Crippen LogP contribution in [0.15, 0.2) is 0 Å². The van der Waals surface area contributed by atoms with Crippen molar-refractivity contribution in [2.45, 2.75) is 57.4 Å². The zero-order chi connectivity index (χ0) is 9.54. The van der Waals surface area contributed by atoms with Gasteiger partial charge in [0, 0.05) is 6.04 Å². The van der Waals surface area contributed by atoms with Gasteiger partial charge in [-0.2, -0.15) is 0 Å². The molecule has 3 fully saturated rings. The molecule has 80 valence electrons. The molecule has 14 heavy (non-hydrogen) atoms. The second kappa shape index (κ2) is 3.52. The van der Waals surface area contributed by atoms with E-state index in [0.29, 0.717) is 6.04 Å². The SMILES string of the molecule is NC(CC1CCC1)C1CCC2CC2C1. The molecule has 2 N–H and O–H groups in total. The third kappa shape index (κ3) is 1.71. The fourth-order valence-electron chi connectivity index (χ4n) is 3.58. The Morgan fingerprint density at radius 3 is 2.50 bits per heavy atom. The van der Waals surface area contributed by atoms with Crippen molar-refractivity contribution in [2.24, 2.45) is 29.4 Å². The van der Waals surface area contributed by atoms with Gasteiger partial charge in [-0.1, -0.05) is 19.3 Å². The van der Waals surface area contributed by atoms with E-state index in [1.165, 1.54) is 51.4 Å². The number of fused-ring (bicyclic) bond motifs is 1. The van der Waals surface area contributed by atoms with Crippen LogP contribution in [0.4, 0.5) is 0 Å². The molecule has 0 aromatic heterocycles. The van der Waals surface area contributed by atoms with Crippen LogP contribution < -0.4 is 5.73 Å². The Morgan fingerprint density at radius 2 is 1.86 bits per heavy atom. The van der Waals surface area contributed by atoms with E-state index in [1.807, 2.05) is 0 Å². The second-order valence-electron chi connectivity index (χ2n) is 6.03. The van der Waals surface area contributed by atoms with E-state index < -0.39 is 0 Å². The van der Waals surface area contributed by atoms with Gasteiger partial charge in [0.1, 0.15) is 0 Å². The monoisotopic (exact) mass is 193 g/mol. The third-order valence-electron chi connectivity index (χ3n) is 5.02. The summed E-state index contributed by atoms with van der Waals surface area (Å²) in [5.74, 6) is 4.12. The summed E-state index contributed by atoms with van der Waals surface area (Å²) in [6.45, 7) is 0. The van der Waals surface area contributed by atoms with E-state index in [-0.39, 0.29) is 0 Å². The van der Waals surface area contributed by atoms with Crippen LogP contribution in [0.25, 0.3) is 0 Å². The number of hydrogen-bond donors (Lipinski definition) is 1. The molecular formula is C13H23N. The van der Waals surface area contributed by atoms with E-state index >= 15 is 0 Å². The Labute approximate surface area is 87.4 Å². The van der Waals surface area contributed by atoms with Crippen molar-refractivity contribution < 1.29 is 0 Å². The van der Waals surface area contributed by atoms with Gasteiger partial charge >= 0.3 is 0 Å². The summed E-state index contributed by atoms with van der Waals surface area (Å²) in [4.78, 5) is 0. The van der Waals surface area contributed by atoms with Crippen LogP contribution in [0.5, 0.6) is 0 Å². The summed E-state index contributed by atoms with van der Waals surface area (Å²) in [6, 6.07) is 0.543. The normalized spacial score (nSPS) is 43.9. The van der Waals surface area contributed by atoms with Crippen molar-refractivity contribution in [3.63, 3.8) is 0 Å². The molecule has 4 atom stereocenters. The first-order chi connectivity index (χ1) is 6.83. The van der Waals surface area contributed by atoms with Crippen molar-refractivity contribution >= 4 is 0 Å². The van der Waals surface area contributed by atoms with Crippen LogP contribution >= 0.6 is 0 Å². The van der Waals surface area contributed by atoms with Crippen LogP contribution in [-0.4, -0.2) is 6.04 Å². The van der Waals surface area contributed by atoms with Crippen LogP contribution in [0.1, 0.15) is 51.4 Å². The lowest BCUT2D eigenvalue weighted by atomic mass is 9.75. The Morgan fingerprint density at radius 1 is 1.00 bits per heavy atom. The summed E-state index contributed by atoms with van der Waals surface area (Å²) in [5, 5.41) is 0. The highest BCUT2D eigenvalue weighted by molar-refractivity contribution is 4.95. The highest BCUT2D eigenvalue weighted by Gasteiger charge is 2.43. The number of rotatable bonds is 3. The zero-order valence-corrected chi connectivity index (χ0v) is 9.12. The van der Waals surface area contributed by atoms with E-state index in [1.54, 1.807) is 0 Å². The van der Waals surface area contributed by atoms with Gasteiger partial charge in [-0.25, -0.2) is 0 Å². The van der Waals surface area contributed by atoms with Crippen molar-refractivity contribution in [2.75, 3.05) is 0 Å². The highest BCUT2D eigenvalue weighted by atomic mass is 14.7. The molecule has 1 heteroatoms. The van der Waals surface area contributed by atoms with Crippen molar-refractivity contribution in [1.29, 1.82) is 0 Å². The minimum atomic E-state index is 0.543. The van der Waals surface area contributed by atoms with Gasteiger partial charge in [0.05, 0.1) is 0 Å². The molecule has 3 saturated carbocycles. The molecule has 0 amide bonds. The van der Waals surface area contributed by atoms with Crippen molar-refractivity contribution in [3.8, 4) is 0 Å². The van der Waals surface area contributed by atoms with Crippen LogP contribution in [0.3, 0.4) is 0 Å². The van der Waals surface area contributed by atoms with E-state index in [2.05, 4.69) is 0 Å². The minimum absolute atomic E-state index is 0.543. The molecule has 0 saturated heterocycles. The maximum absolute atomic E-state index is 6.34. The fraction of sp³-hybridized carbons (Fsp3) is 1.00. The predicted molar refractivity (Wildman–Crippen MR) is 58.9 cm³/mol. The summed E-state index contributed by atoms with van der Waals surface area (Å²) in [5.41, 5.74) is 6.34. The molecule has 0 bridgehead atoms. The first-order valence-electron chi connectivity index (χ1n) is 6.58. The molecule has 4 unspecified atom stereocenters. The Bertz CT molecular complexity index is 209. The molecule has 1 nitrogen and oxygen atoms in total. The lowest BCUT2D eigenvalue weighted by Crippen LogP contribution is -2.35. The summed E-state index contributed by atoms with van der Waals surface area (Å²) in [7, 11) is 0.